The van der Waals surface area contributed by atoms with Crippen molar-refractivity contribution in [1.29, 1.82) is 0 Å². The fourth-order valence-electron chi connectivity index (χ4n) is 4.61. The number of nitrogens with zero attached hydrogens (tertiary/aromatic N) is 2. The average molecular weight is 493 g/mol. The Hall–Kier alpha value is -2.74. The fraction of sp³-hybridized carbons (Fsp3) is 0.429. The molecule has 3 aromatic rings. The molecule has 0 bridgehead atoms. The molecular weight excluding hydrogens is 456 g/mol. The van der Waals surface area contributed by atoms with Crippen LogP contribution >= 0.6 is 12.2 Å². The number of nitrogens with one attached hydrogen (secondary N) is 2. The maximum atomic E-state index is 13.1. The quantitative estimate of drug-likeness (QED) is 0.457. The molecule has 1 unspecified atom stereocenters. The molecule has 0 radical (unpaired) electrons. The minimum absolute atomic E-state index is 0.0525. The number of aromatic amines is 1. The molecule has 2 aromatic carbocycles. The lowest BCUT2D eigenvalue weighted by atomic mass is 10.0. The van der Waals surface area contributed by atoms with E-state index in [0.29, 0.717) is 11.7 Å². The molecule has 4 rings (SSSR count). The van der Waals surface area contributed by atoms with Gasteiger partial charge in [0.15, 0.2) is 5.11 Å². The zero-order valence-electron chi connectivity index (χ0n) is 21.0. The van der Waals surface area contributed by atoms with Gasteiger partial charge in [-0.2, -0.15) is 0 Å². The summed E-state index contributed by atoms with van der Waals surface area (Å²) in [6.45, 7) is 12.0. The predicted octanol–water partition coefficient (Wildman–Crippen LogP) is 4.30. The maximum absolute atomic E-state index is 13.1. The van der Waals surface area contributed by atoms with Crippen LogP contribution in [-0.4, -0.2) is 59.3 Å². The number of hydrogen-bond donors (Lipinski definition) is 2. The van der Waals surface area contributed by atoms with Gasteiger partial charge in [0.2, 0.25) is 0 Å². The van der Waals surface area contributed by atoms with E-state index in [1.54, 1.807) is 0 Å². The minimum Gasteiger partial charge on any atom is -0.379 e. The van der Waals surface area contributed by atoms with Crippen LogP contribution in [0.25, 0.3) is 10.9 Å². The van der Waals surface area contributed by atoms with Crippen LogP contribution in [0.2, 0.25) is 0 Å². The monoisotopic (exact) mass is 492 g/mol. The number of hydrogen-bond acceptors (Lipinski definition) is 4. The first kappa shape index (κ1) is 25.4. The summed E-state index contributed by atoms with van der Waals surface area (Å²) in [5.74, 6) is 0. The Morgan fingerprint density at radius 3 is 2.60 bits per heavy atom. The lowest BCUT2D eigenvalue weighted by molar-refractivity contribution is 0.0367. The van der Waals surface area contributed by atoms with E-state index in [2.05, 4.69) is 58.2 Å². The first-order valence-electron chi connectivity index (χ1n) is 12.4. The van der Waals surface area contributed by atoms with Crippen LogP contribution in [-0.2, 0) is 11.3 Å². The molecular formula is C28H36N4O2S. The van der Waals surface area contributed by atoms with Crippen LogP contribution in [0, 0.1) is 13.8 Å². The zero-order chi connectivity index (χ0) is 24.8. The molecule has 1 aromatic heterocycles. The Kier molecular flexibility index (Phi) is 8.55. The first-order chi connectivity index (χ1) is 16.9. The maximum Gasteiger partial charge on any atom is 0.253 e. The molecule has 0 amide bonds. The van der Waals surface area contributed by atoms with Crippen molar-refractivity contribution in [2.75, 3.05) is 39.4 Å². The van der Waals surface area contributed by atoms with Gasteiger partial charge in [0.25, 0.3) is 5.56 Å². The molecule has 1 aliphatic heterocycles. The molecule has 2 heterocycles. The van der Waals surface area contributed by atoms with Crippen LogP contribution in [0.3, 0.4) is 0 Å². The normalized spacial score (nSPS) is 15.2. The molecule has 1 fully saturated rings. The molecule has 2 N–H and O–H groups in total. The van der Waals surface area contributed by atoms with E-state index >= 15 is 0 Å². The molecule has 0 aliphatic carbocycles. The highest BCUT2D eigenvalue weighted by Gasteiger charge is 2.18. The van der Waals surface area contributed by atoms with Crippen molar-refractivity contribution >= 4 is 28.2 Å². The predicted molar refractivity (Wildman–Crippen MR) is 147 cm³/mol. The van der Waals surface area contributed by atoms with Gasteiger partial charge in [-0.15, -0.1) is 0 Å². The SMILES string of the molecule is Cc1ccc(C)c2[nH]c(=O)c(CN(CCCN3CCOCC3)C(=S)NC(C)c3ccccc3)cc12. The molecule has 35 heavy (non-hydrogen) atoms. The Balaban J connectivity index is 1.53. The Morgan fingerprint density at radius 2 is 1.86 bits per heavy atom. The number of pyridine rings is 1. The van der Waals surface area contributed by atoms with Crippen molar-refractivity contribution in [3.63, 3.8) is 0 Å². The van der Waals surface area contributed by atoms with Crippen LogP contribution in [0.4, 0.5) is 0 Å². The second kappa shape index (κ2) is 11.8. The van der Waals surface area contributed by atoms with Crippen molar-refractivity contribution < 1.29 is 4.74 Å². The van der Waals surface area contributed by atoms with Gasteiger partial charge < -0.3 is 19.9 Å². The van der Waals surface area contributed by atoms with E-state index in [0.717, 1.165) is 73.4 Å². The second-order valence-electron chi connectivity index (χ2n) is 9.42. The van der Waals surface area contributed by atoms with E-state index in [1.807, 2.05) is 31.2 Å². The number of fused-ring (bicyclic) bond motifs is 1. The number of aromatic nitrogens is 1. The van der Waals surface area contributed by atoms with Gasteiger partial charge in [-0.05, 0) is 62.2 Å². The Morgan fingerprint density at radius 1 is 1.14 bits per heavy atom. The molecule has 0 saturated carbocycles. The number of rotatable bonds is 8. The van der Waals surface area contributed by atoms with Gasteiger partial charge >= 0.3 is 0 Å². The largest absolute Gasteiger partial charge is 0.379 e. The third-order valence-corrected chi connectivity index (χ3v) is 7.19. The molecule has 1 saturated heterocycles. The summed E-state index contributed by atoms with van der Waals surface area (Å²) in [6.07, 6.45) is 0.963. The summed E-state index contributed by atoms with van der Waals surface area (Å²) in [7, 11) is 0. The number of benzene rings is 2. The van der Waals surface area contributed by atoms with E-state index in [1.165, 1.54) is 5.56 Å². The van der Waals surface area contributed by atoms with E-state index < -0.39 is 0 Å². The summed E-state index contributed by atoms with van der Waals surface area (Å²) >= 11 is 5.88. The lowest BCUT2D eigenvalue weighted by Gasteiger charge is -2.30. The number of ether oxygens (including phenoxy) is 1. The molecule has 0 spiro atoms. The van der Waals surface area contributed by atoms with Crippen molar-refractivity contribution in [3.8, 4) is 0 Å². The molecule has 6 nitrogen and oxygen atoms in total. The summed E-state index contributed by atoms with van der Waals surface area (Å²) in [5, 5.41) is 5.25. The second-order valence-corrected chi connectivity index (χ2v) is 9.81. The highest BCUT2D eigenvalue weighted by Crippen LogP contribution is 2.20. The third-order valence-electron chi connectivity index (χ3n) is 6.81. The summed E-state index contributed by atoms with van der Waals surface area (Å²) < 4.78 is 5.48. The first-order valence-corrected chi connectivity index (χ1v) is 12.9. The molecule has 1 aliphatic rings. The molecule has 1 atom stereocenters. The summed E-state index contributed by atoms with van der Waals surface area (Å²) in [6, 6.07) is 16.6. The fourth-order valence-corrected chi connectivity index (χ4v) is 4.94. The van der Waals surface area contributed by atoms with Gasteiger partial charge in [0.1, 0.15) is 0 Å². The Bertz CT molecular complexity index is 1200. The minimum atomic E-state index is -0.0525. The van der Waals surface area contributed by atoms with Crippen molar-refractivity contribution in [3.05, 3.63) is 81.1 Å². The van der Waals surface area contributed by atoms with E-state index in [-0.39, 0.29) is 11.6 Å². The molecule has 7 heteroatoms. The van der Waals surface area contributed by atoms with Crippen LogP contribution in [0.15, 0.2) is 53.3 Å². The van der Waals surface area contributed by atoms with Gasteiger partial charge in [-0.25, -0.2) is 0 Å². The number of aryl methyl sites for hydroxylation is 2. The van der Waals surface area contributed by atoms with Crippen LogP contribution in [0.5, 0.6) is 0 Å². The van der Waals surface area contributed by atoms with Gasteiger partial charge in [-0.3, -0.25) is 9.69 Å². The lowest BCUT2D eigenvalue weighted by Crippen LogP contribution is -2.43. The Labute approximate surface area is 213 Å². The number of H-pyrrole nitrogens is 1. The van der Waals surface area contributed by atoms with Crippen molar-refractivity contribution in [1.82, 2.24) is 20.1 Å². The molecule has 186 valence electrons. The van der Waals surface area contributed by atoms with Gasteiger partial charge in [0, 0.05) is 37.1 Å². The van der Waals surface area contributed by atoms with Crippen LogP contribution in [0.1, 0.15) is 41.6 Å². The highest BCUT2D eigenvalue weighted by atomic mass is 32.1. The average Bonchev–Trinajstić information content (AvgIpc) is 2.87. The smallest absolute Gasteiger partial charge is 0.253 e. The van der Waals surface area contributed by atoms with E-state index in [9.17, 15) is 4.79 Å². The number of thiocarbonyl (C=S) groups is 1. The van der Waals surface area contributed by atoms with Crippen molar-refractivity contribution in [2.45, 2.75) is 39.8 Å². The van der Waals surface area contributed by atoms with Crippen molar-refractivity contribution in [2.24, 2.45) is 0 Å². The third kappa shape index (κ3) is 6.48. The standard InChI is InChI=1S/C28H36N4O2S/c1-20-10-11-21(2)26-25(20)18-24(27(33)30-26)19-32(13-7-12-31-14-16-34-17-15-31)28(35)29-22(3)23-8-5-4-6-9-23/h4-6,8-11,18,22H,7,12-17,19H2,1-3H3,(H,29,35)(H,30,33). The zero-order valence-corrected chi connectivity index (χ0v) is 21.8. The number of morpholine rings is 1. The summed E-state index contributed by atoms with van der Waals surface area (Å²) in [4.78, 5) is 20.7. The van der Waals surface area contributed by atoms with Gasteiger partial charge in [-0.1, -0.05) is 42.5 Å². The van der Waals surface area contributed by atoms with E-state index in [4.69, 9.17) is 17.0 Å². The topological polar surface area (TPSA) is 60.6 Å². The highest BCUT2D eigenvalue weighted by molar-refractivity contribution is 7.80. The van der Waals surface area contributed by atoms with Gasteiger partial charge in [0.05, 0.1) is 31.3 Å². The summed E-state index contributed by atoms with van der Waals surface area (Å²) in [5.41, 5.74) is 5.00. The van der Waals surface area contributed by atoms with Crippen LogP contribution < -0.4 is 10.9 Å².